The van der Waals surface area contributed by atoms with Crippen LogP contribution in [-0.2, 0) is 0 Å². The number of nitrogens with zero attached hydrogens (tertiary/aromatic N) is 1. The van der Waals surface area contributed by atoms with Gasteiger partial charge in [0.25, 0.3) is 5.91 Å². The molecule has 0 saturated heterocycles. The fourth-order valence-electron chi connectivity index (χ4n) is 4.12. The normalized spacial score (nSPS) is 15.2. The highest BCUT2D eigenvalue weighted by molar-refractivity contribution is 6.08. The van der Waals surface area contributed by atoms with Crippen molar-refractivity contribution in [1.82, 2.24) is 9.88 Å². The average Bonchev–Trinajstić information content (AvgIpc) is 3.19. The third kappa shape index (κ3) is 3.77. The van der Waals surface area contributed by atoms with Crippen molar-refractivity contribution in [3.05, 3.63) is 59.3 Å². The predicted molar refractivity (Wildman–Crippen MR) is 110 cm³/mol. The minimum Gasteiger partial charge on any atom is -0.352 e. The molecule has 3 heteroatoms. The molecule has 3 nitrogen and oxygen atoms in total. The largest absolute Gasteiger partial charge is 0.352 e. The molecule has 0 aliphatic heterocycles. The summed E-state index contributed by atoms with van der Waals surface area (Å²) in [4.78, 5) is 12.9. The van der Waals surface area contributed by atoms with Crippen LogP contribution in [0, 0.1) is 13.8 Å². The van der Waals surface area contributed by atoms with Gasteiger partial charge in [-0.05, 0) is 52.2 Å². The number of rotatable bonds is 6. The van der Waals surface area contributed by atoms with Crippen LogP contribution in [-0.4, -0.2) is 17.0 Å². The number of carbonyl (C=O) groups excluding carboxylic acids is 1. The lowest BCUT2D eigenvalue weighted by Gasteiger charge is -2.16. The summed E-state index contributed by atoms with van der Waals surface area (Å²) in [5.41, 5.74) is 5.38. The number of benzene rings is 1. The summed E-state index contributed by atoms with van der Waals surface area (Å²) in [6.45, 7) is 10.7. The Morgan fingerprint density at radius 1 is 1.31 bits per heavy atom. The van der Waals surface area contributed by atoms with E-state index in [1.54, 1.807) is 0 Å². The van der Waals surface area contributed by atoms with E-state index in [-0.39, 0.29) is 5.91 Å². The first-order valence-corrected chi connectivity index (χ1v) is 9.70. The Balaban J connectivity index is 1.89. The minimum atomic E-state index is 0.0403. The Hall–Kier alpha value is -2.29. The molecule has 26 heavy (non-hydrogen) atoms. The van der Waals surface area contributed by atoms with Crippen LogP contribution < -0.4 is 5.32 Å². The van der Waals surface area contributed by atoms with Gasteiger partial charge in [0.05, 0.1) is 5.56 Å². The Bertz CT molecular complexity index is 851. The van der Waals surface area contributed by atoms with Gasteiger partial charge in [-0.1, -0.05) is 48.8 Å². The average molecular weight is 351 g/mol. The molecule has 1 aliphatic rings. The summed E-state index contributed by atoms with van der Waals surface area (Å²) in [6.07, 6.45) is 9.86. The summed E-state index contributed by atoms with van der Waals surface area (Å²) >= 11 is 0. The van der Waals surface area contributed by atoms with Gasteiger partial charge in [-0.2, -0.15) is 0 Å². The molecular weight excluding hydrogens is 320 g/mol. The second-order valence-corrected chi connectivity index (χ2v) is 7.58. The van der Waals surface area contributed by atoms with Gasteiger partial charge in [-0.3, -0.25) is 4.79 Å². The number of allylic oxidation sites excluding steroid dienone is 2. The molecule has 0 bridgehead atoms. The maximum absolute atomic E-state index is 12.9. The highest BCUT2D eigenvalue weighted by atomic mass is 16.1. The van der Waals surface area contributed by atoms with E-state index in [1.165, 1.54) is 36.8 Å². The molecule has 1 aromatic carbocycles. The predicted octanol–water partition coefficient (Wildman–Crippen LogP) is 5.63. The van der Waals surface area contributed by atoms with Crippen LogP contribution in [0.4, 0.5) is 0 Å². The lowest BCUT2D eigenvalue weighted by molar-refractivity contribution is 0.0955. The van der Waals surface area contributed by atoms with Crippen molar-refractivity contribution in [1.29, 1.82) is 0 Å². The van der Waals surface area contributed by atoms with E-state index in [0.717, 1.165) is 28.6 Å². The van der Waals surface area contributed by atoms with Crippen LogP contribution in [0.25, 0.3) is 10.9 Å². The number of nitrogens with one attached hydrogen (secondary N) is 1. The van der Waals surface area contributed by atoms with Gasteiger partial charge >= 0.3 is 0 Å². The summed E-state index contributed by atoms with van der Waals surface area (Å²) in [7, 11) is 0. The van der Waals surface area contributed by atoms with Crippen molar-refractivity contribution in [2.45, 2.75) is 58.9 Å². The highest BCUT2D eigenvalue weighted by Crippen LogP contribution is 2.37. The second-order valence-electron chi connectivity index (χ2n) is 7.58. The molecule has 1 N–H and O–H groups in total. The van der Waals surface area contributed by atoms with Crippen LogP contribution in [0.3, 0.4) is 0 Å². The molecule has 0 radical (unpaired) electrons. The van der Waals surface area contributed by atoms with Crippen LogP contribution in [0.1, 0.15) is 66.7 Å². The summed E-state index contributed by atoms with van der Waals surface area (Å²) in [5.74, 6) is 0.0403. The monoisotopic (exact) mass is 350 g/mol. The molecular formula is C23H30N2O. The van der Waals surface area contributed by atoms with E-state index in [1.807, 2.05) is 13.0 Å². The number of fused-ring (bicyclic) bond motifs is 1. The number of aromatic nitrogens is 1. The van der Waals surface area contributed by atoms with Crippen LogP contribution >= 0.6 is 0 Å². The van der Waals surface area contributed by atoms with Gasteiger partial charge in [0, 0.05) is 29.2 Å². The van der Waals surface area contributed by atoms with Crippen molar-refractivity contribution < 1.29 is 4.79 Å². The molecule has 138 valence electrons. The van der Waals surface area contributed by atoms with Gasteiger partial charge in [0.1, 0.15) is 0 Å². The molecule has 1 aliphatic carbocycles. The van der Waals surface area contributed by atoms with E-state index in [0.29, 0.717) is 12.6 Å². The molecule has 0 spiro atoms. The van der Waals surface area contributed by atoms with Crippen LogP contribution in [0.2, 0.25) is 0 Å². The smallest absolute Gasteiger partial charge is 0.253 e. The van der Waals surface area contributed by atoms with Crippen LogP contribution in [0.5, 0.6) is 0 Å². The van der Waals surface area contributed by atoms with Gasteiger partial charge < -0.3 is 9.88 Å². The van der Waals surface area contributed by atoms with E-state index >= 15 is 0 Å². The van der Waals surface area contributed by atoms with Crippen molar-refractivity contribution in [2.24, 2.45) is 0 Å². The second kappa shape index (κ2) is 7.94. The zero-order valence-corrected chi connectivity index (χ0v) is 16.3. The molecule has 2 aromatic rings. The van der Waals surface area contributed by atoms with E-state index in [4.69, 9.17) is 0 Å². The lowest BCUT2D eigenvalue weighted by atomic mass is 10.1. The Morgan fingerprint density at radius 3 is 2.73 bits per heavy atom. The third-order valence-electron chi connectivity index (χ3n) is 5.32. The van der Waals surface area contributed by atoms with E-state index in [9.17, 15) is 4.79 Å². The number of hydrogen-bond acceptors (Lipinski definition) is 1. The standard InChI is InChI=1S/C23H30N2O/c1-16(2)9-7-8-14-24-23(26)22-18(4)25(19-10-5-6-11-19)21-13-12-17(3)15-20(21)22/h7,9,12-13,15,19H,1,5-6,8,10-11,14H2,2-4H3,(H,24,26)/b9-7+. The van der Waals surface area contributed by atoms with Gasteiger partial charge in [0.15, 0.2) is 0 Å². The molecule has 1 saturated carbocycles. The molecule has 1 fully saturated rings. The summed E-state index contributed by atoms with van der Waals surface area (Å²) in [5, 5.41) is 4.18. The quantitative estimate of drug-likeness (QED) is 0.532. The Morgan fingerprint density at radius 2 is 2.04 bits per heavy atom. The first-order valence-electron chi connectivity index (χ1n) is 9.70. The molecule has 0 atom stereocenters. The zero-order chi connectivity index (χ0) is 18.7. The van der Waals surface area contributed by atoms with E-state index in [2.05, 4.69) is 54.6 Å². The van der Waals surface area contributed by atoms with E-state index < -0.39 is 0 Å². The first-order chi connectivity index (χ1) is 12.5. The molecule has 1 aromatic heterocycles. The molecule has 1 heterocycles. The maximum atomic E-state index is 12.9. The SMILES string of the molecule is C=C(C)/C=C/CCNC(=O)c1c(C)n(C2CCCC2)c2ccc(C)cc12. The first kappa shape index (κ1) is 18.5. The highest BCUT2D eigenvalue weighted by Gasteiger charge is 2.25. The third-order valence-corrected chi connectivity index (χ3v) is 5.32. The number of hydrogen-bond donors (Lipinski definition) is 1. The topological polar surface area (TPSA) is 34.0 Å². The van der Waals surface area contributed by atoms with Gasteiger partial charge in [-0.15, -0.1) is 0 Å². The summed E-state index contributed by atoms with van der Waals surface area (Å²) < 4.78 is 2.41. The van der Waals surface area contributed by atoms with Crippen molar-refractivity contribution in [2.75, 3.05) is 6.54 Å². The van der Waals surface area contributed by atoms with Gasteiger partial charge in [0.2, 0.25) is 0 Å². The molecule has 0 unspecified atom stereocenters. The Kier molecular flexibility index (Phi) is 5.65. The Labute approximate surface area is 156 Å². The molecule has 3 rings (SSSR count). The number of amides is 1. The van der Waals surface area contributed by atoms with Crippen molar-refractivity contribution in [3.63, 3.8) is 0 Å². The molecule has 1 amide bonds. The number of aryl methyl sites for hydroxylation is 1. The lowest BCUT2D eigenvalue weighted by Crippen LogP contribution is -2.25. The fraction of sp³-hybridized carbons (Fsp3) is 0.435. The van der Waals surface area contributed by atoms with Crippen molar-refractivity contribution >= 4 is 16.8 Å². The maximum Gasteiger partial charge on any atom is 0.253 e. The van der Waals surface area contributed by atoms with Crippen molar-refractivity contribution in [3.8, 4) is 0 Å². The van der Waals surface area contributed by atoms with Crippen LogP contribution in [0.15, 0.2) is 42.5 Å². The number of carbonyl (C=O) groups is 1. The summed E-state index contributed by atoms with van der Waals surface area (Å²) in [6, 6.07) is 7.02. The fourth-order valence-corrected chi connectivity index (χ4v) is 4.12. The zero-order valence-electron chi connectivity index (χ0n) is 16.3. The minimum absolute atomic E-state index is 0.0403. The van der Waals surface area contributed by atoms with Gasteiger partial charge in [-0.25, -0.2) is 0 Å².